The van der Waals surface area contributed by atoms with Crippen LogP contribution in [0.2, 0.25) is 10.0 Å². The zero-order valence-corrected chi connectivity index (χ0v) is 15.5. The van der Waals surface area contributed by atoms with Crippen molar-refractivity contribution < 1.29 is 9.59 Å². The molecule has 1 fully saturated rings. The van der Waals surface area contributed by atoms with Crippen LogP contribution in [0.1, 0.15) is 16.1 Å². The van der Waals surface area contributed by atoms with Crippen LogP contribution in [-0.2, 0) is 4.79 Å². The highest BCUT2D eigenvalue weighted by Gasteiger charge is 2.25. The molecule has 7 heteroatoms. The van der Waals surface area contributed by atoms with Crippen LogP contribution >= 0.6 is 23.2 Å². The van der Waals surface area contributed by atoms with E-state index in [0.717, 1.165) is 5.69 Å². The summed E-state index contributed by atoms with van der Waals surface area (Å²) < 4.78 is 0. The van der Waals surface area contributed by atoms with Gasteiger partial charge >= 0.3 is 0 Å². The van der Waals surface area contributed by atoms with E-state index in [9.17, 15) is 9.59 Å². The number of rotatable bonds is 3. The van der Waals surface area contributed by atoms with E-state index in [-0.39, 0.29) is 16.8 Å². The zero-order valence-electron chi connectivity index (χ0n) is 13.9. The van der Waals surface area contributed by atoms with Gasteiger partial charge in [0.15, 0.2) is 0 Å². The normalized spacial score (nSPS) is 14.7. The van der Waals surface area contributed by atoms with E-state index < -0.39 is 0 Å². The number of benzene rings is 1. The second kappa shape index (κ2) is 8.34. The summed E-state index contributed by atoms with van der Waals surface area (Å²) in [6, 6.07) is 10.5. The van der Waals surface area contributed by atoms with Crippen LogP contribution < -0.4 is 0 Å². The highest BCUT2D eigenvalue weighted by molar-refractivity contribution is 6.43. The maximum Gasteiger partial charge on any atom is 0.255 e. The number of hydrogen-bond acceptors (Lipinski definition) is 3. The zero-order chi connectivity index (χ0) is 18.5. The number of carbonyl (C=O) groups excluding carboxylic acids is 2. The third-order valence-electron chi connectivity index (χ3n) is 4.15. The first-order valence-electron chi connectivity index (χ1n) is 8.17. The van der Waals surface area contributed by atoms with Gasteiger partial charge in [-0.05, 0) is 30.3 Å². The molecule has 1 aromatic heterocycles. The van der Waals surface area contributed by atoms with Crippen LogP contribution in [0.5, 0.6) is 0 Å². The minimum atomic E-state index is -0.173. The number of nitrogens with zero attached hydrogens (tertiary/aromatic N) is 3. The van der Waals surface area contributed by atoms with E-state index in [1.54, 1.807) is 40.3 Å². The van der Waals surface area contributed by atoms with Crippen molar-refractivity contribution in [3.05, 3.63) is 70.0 Å². The summed E-state index contributed by atoms with van der Waals surface area (Å²) in [5.74, 6) is -0.267. The van der Waals surface area contributed by atoms with E-state index >= 15 is 0 Å². The minimum Gasteiger partial charge on any atom is -0.336 e. The number of halogens is 2. The molecule has 134 valence electrons. The van der Waals surface area contributed by atoms with Crippen molar-refractivity contribution in [2.45, 2.75) is 0 Å². The summed E-state index contributed by atoms with van der Waals surface area (Å²) in [6.07, 6.45) is 4.87. The largest absolute Gasteiger partial charge is 0.336 e. The Morgan fingerprint density at radius 1 is 0.962 bits per heavy atom. The number of amides is 2. The molecule has 3 rings (SSSR count). The van der Waals surface area contributed by atoms with Crippen LogP contribution in [0.25, 0.3) is 6.08 Å². The van der Waals surface area contributed by atoms with Gasteiger partial charge in [-0.2, -0.15) is 0 Å². The first kappa shape index (κ1) is 18.4. The van der Waals surface area contributed by atoms with Gasteiger partial charge in [-0.15, -0.1) is 0 Å². The Bertz CT molecular complexity index is 832. The minimum absolute atomic E-state index is 0.0939. The molecule has 0 atom stereocenters. The molecular formula is C19H17Cl2N3O2. The van der Waals surface area contributed by atoms with Gasteiger partial charge in [-0.1, -0.05) is 35.3 Å². The van der Waals surface area contributed by atoms with E-state index in [0.29, 0.717) is 36.8 Å². The van der Waals surface area contributed by atoms with Gasteiger partial charge in [0.2, 0.25) is 5.91 Å². The van der Waals surface area contributed by atoms with Gasteiger partial charge in [-0.25, -0.2) is 0 Å². The Kier molecular flexibility index (Phi) is 5.91. The van der Waals surface area contributed by atoms with E-state index in [2.05, 4.69) is 4.98 Å². The van der Waals surface area contributed by atoms with Crippen LogP contribution in [0.3, 0.4) is 0 Å². The van der Waals surface area contributed by atoms with Crippen molar-refractivity contribution in [2.24, 2.45) is 0 Å². The molecule has 2 heterocycles. The van der Waals surface area contributed by atoms with Crippen molar-refractivity contribution >= 4 is 41.1 Å². The van der Waals surface area contributed by atoms with Gasteiger partial charge in [-0.3, -0.25) is 14.6 Å². The third kappa shape index (κ3) is 4.23. The lowest BCUT2D eigenvalue weighted by Gasteiger charge is -2.34. The highest BCUT2D eigenvalue weighted by atomic mass is 35.5. The average molecular weight is 390 g/mol. The highest BCUT2D eigenvalue weighted by Crippen LogP contribution is 2.26. The van der Waals surface area contributed by atoms with Crippen molar-refractivity contribution in [1.29, 1.82) is 0 Å². The number of pyridine rings is 1. The standard InChI is InChI=1S/C19H17Cl2N3O2/c20-16-6-3-5-15(18(16)21)19(26)24-12-10-23(11-13-24)17(25)8-7-14-4-1-2-9-22-14/h1-9H,10-13H2. The average Bonchev–Trinajstić information content (AvgIpc) is 2.68. The second-order valence-corrected chi connectivity index (χ2v) is 6.59. The van der Waals surface area contributed by atoms with Gasteiger partial charge in [0.1, 0.15) is 0 Å². The fraction of sp³-hybridized carbons (Fsp3) is 0.211. The molecule has 5 nitrogen and oxygen atoms in total. The molecule has 0 bridgehead atoms. The number of carbonyl (C=O) groups is 2. The number of aromatic nitrogens is 1. The van der Waals surface area contributed by atoms with Crippen LogP contribution in [0.15, 0.2) is 48.7 Å². The van der Waals surface area contributed by atoms with Gasteiger partial charge < -0.3 is 9.80 Å². The Balaban J connectivity index is 1.58. The number of hydrogen-bond donors (Lipinski definition) is 0. The molecule has 0 unspecified atom stereocenters. The predicted octanol–water partition coefficient (Wildman–Crippen LogP) is 3.39. The van der Waals surface area contributed by atoms with Gasteiger partial charge in [0.05, 0.1) is 21.3 Å². The fourth-order valence-electron chi connectivity index (χ4n) is 2.71. The third-order valence-corrected chi connectivity index (χ3v) is 4.96. The van der Waals surface area contributed by atoms with Gasteiger partial charge in [0.25, 0.3) is 5.91 Å². The van der Waals surface area contributed by atoms with Crippen molar-refractivity contribution in [2.75, 3.05) is 26.2 Å². The molecule has 0 saturated carbocycles. The summed E-state index contributed by atoms with van der Waals surface area (Å²) in [5, 5.41) is 0.613. The first-order valence-corrected chi connectivity index (χ1v) is 8.93. The lowest BCUT2D eigenvalue weighted by Crippen LogP contribution is -2.50. The summed E-state index contributed by atoms with van der Waals surface area (Å²) in [5.41, 5.74) is 1.11. The summed E-state index contributed by atoms with van der Waals surface area (Å²) in [7, 11) is 0. The molecule has 0 spiro atoms. The summed E-state index contributed by atoms with van der Waals surface area (Å²) in [4.78, 5) is 32.4. The Hall–Kier alpha value is -2.37. The lowest BCUT2D eigenvalue weighted by molar-refractivity contribution is -0.127. The van der Waals surface area contributed by atoms with E-state index in [4.69, 9.17) is 23.2 Å². The molecule has 0 radical (unpaired) electrons. The topological polar surface area (TPSA) is 53.5 Å². The molecule has 1 aliphatic heterocycles. The Labute approximate surface area is 161 Å². The Morgan fingerprint density at radius 3 is 2.38 bits per heavy atom. The molecule has 2 aromatic rings. The monoisotopic (exact) mass is 389 g/mol. The first-order chi connectivity index (χ1) is 12.6. The fourth-order valence-corrected chi connectivity index (χ4v) is 3.09. The van der Waals surface area contributed by atoms with Crippen molar-refractivity contribution in [3.63, 3.8) is 0 Å². The quantitative estimate of drug-likeness (QED) is 0.755. The maximum absolute atomic E-state index is 12.6. The van der Waals surface area contributed by atoms with Gasteiger partial charge in [0, 0.05) is 38.5 Å². The molecule has 1 aliphatic rings. The molecule has 0 N–H and O–H groups in total. The maximum atomic E-state index is 12.6. The van der Waals surface area contributed by atoms with Crippen LogP contribution in [0.4, 0.5) is 0 Å². The molecule has 0 aliphatic carbocycles. The van der Waals surface area contributed by atoms with Crippen molar-refractivity contribution in [3.8, 4) is 0 Å². The summed E-state index contributed by atoms with van der Waals surface area (Å²) in [6.45, 7) is 1.83. The van der Waals surface area contributed by atoms with E-state index in [1.165, 1.54) is 6.08 Å². The molecule has 26 heavy (non-hydrogen) atoms. The SMILES string of the molecule is O=C(C=Cc1ccccn1)N1CCN(C(=O)c2cccc(Cl)c2Cl)CC1. The Morgan fingerprint density at radius 2 is 1.69 bits per heavy atom. The second-order valence-electron chi connectivity index (χ2n) is 5.81. The van der Waals surface area contributed by atoms with E-state index in [1.807, 2.05) is 18.2 Å². The predicted molar refractivity (Wildman–Crippen MR) is 102 cm³/mol. The number of piperazine rings is 1. The van der Waals surface area contributed by atoms with Crippen LogP contribution in [0, 0.1) is 0 Å². The molecular weight excluding hydrogens is 373 g/mol. The summed E-state index contributed by atoms with van der Waals surface area (Å²) >= 11 is 12.1. The van der Waals surface area contributed by atoms with Crippen molar-refractivity contribution in [1.82, 2.24) is 14.8 Å². The molecule has 2 amide bonds. The molecule has 1 saturated heterocycles. The molecule has 1 aromatic carbocycles. The smallest absolute Gasteiger partial charge is 0.255 e. The van der Waals surface area contributed by atoms with Crippen LogP contribution in [-0.4, -0.2) is 52.8 Å². The lowest BCUT2D eigenvalue weighted by atomic mass is 10.1.